The Labute approximate surface area is 95.5 Å². The van der Waals surface area contributed by atoms with Gasteiger partial charge in [-0.25, -0.2) is 0 Å². The Kier molecular flexibility index (Phi) is 2.07. The maximum atomic E-state index is 5.54. The number of rotatable bonds is 2. The van der Waals surface area contributed by atoms with Crippen molar-refractivity contribution in [2.75, 3.05) is 5.73 Å². The Morgan fingerprint density at radius 3 is 2.94 bits per heavy atom. The quantitative estimate of drug-likeness (QED) is 0.726. The van der Waals surface area contributed by atoms with Crippen molar-refractivity contribution in [1.82, 2.24) is 20.0 Å². The van der Waals surface area contributed by atoms with E-state index in [1.165, 1.54) is 11.3 Å². The van der Waals surface area contributed by atoms with Gasteiger partial charge in [0.25, 0.3) is 0 Å². The van der Waals surface area contributed by atoms with Crippen LogP contribution in [0.2, 0.25) is 0 Å². The Morgan fingerprint density at radius 1 is 1.25 bits per heavy atom. The maximum absolute atomic E-state index is 5.54. The summed E-state index contributed by atoms with van der Waals surface area (Å²) in [4.78, 5) is 0. The summed E-state index contributed by atoms with van der Waals surface area (Å²) >= 11 is 1.39. The smallest absolute Gasteiger partial charge is 0.203 e. The van der Waals surface area contributed by atoms with Gasteiger partial charge in [-0.2, -0.15) is 5.10 Å². The number of fused-ring (bicyclic) bond motifs is 1. The number of anilines is 1. The zero-order chi connectivity index (χ0) is 11.0. The number of nitrogens with two attached hydrogens (primary N) is 1. The molecule has 2 N–H and O–H groups in total. The van der Waals surface area contributed by atoms with Crippen LogP contribution in [-0.4, -0.2) is 20.0 Å². The molecular weight excluding hydrogens is 222 g/mol. The third-order valence-electron chi connectivity index (χ3n) is 2.32. The second-order valence-corrected chi connectivity index (χ2v) is 4.49. The first-order chi connectivity index (χ1) is 7.83. The molecule has 6 heteroatoms. The maximum Gasteiger partial charge on any atom is 0.203 e. The molecule has 0 radical (unpaired) electrons. The van der Waals surface area contributed by atoms with E-state index in [0.29, 0.717) is 11.7 Å². The Hall–Kier alpha value is -1.95. The first-order valence-electron chi connectivity index (χ1n) is 4.81. The van der Waals surface area contributed by atoms with Gasteiger partial charge in [0, 0.05) is 5.39 Å². The van der Waals surface area contributed by atoms with Crippen molar-refractivity contribution in [1.29, 1.82) is 0 Å². The average Bonchev–Trinajstić information content (AvgIpc) is 2.87. The van der Waals surface area contributed by atoms with Crippen molar-refractivity contribution in [3.05, 3.63) is 35.5 Å². The van der Waals surface area contributed by atoms with Gasteiger partial charge in [-0.1, -0.05) is 29.5 Å². The topological polar surface area (TPSA) is 69.6 Å². The molecule has 3 rings (SSSR count). The summed E-state index contributed by atoms with van der Waals surface area (Å²) < 4.78 is 1.90. The van der Waals surface area contributed by atoms with E-state index >= 15 is 0 Å². The van der Waals surface area contributed by atoms with Crippen LogP contribution in [0.5, 0.6) is 0 Å². The molecule has 80 valence electrons. The van der Waals surface area contributed by atoms with Crippen LogP contribution in [0.3, 0.4) is 0 Å². The van der Waals surface area contributed by atoms with Gasteiger partial charge >= 0.3 is 0 Å². The normalized spacial score (nSPS) is 11.0. The monoisotopic (exact) mass is 231 g/mol. The molecule has 0 saturated carbocycles. The van der Waals surface area contributed by atoms with Crippen LogP contribution in [0.15, 0.2) is 30.5 Å². The van der Waals surface area contributed by atoms with Crippen LogP contribution in [-0.2, 0) is 6.54 Å². The lowest BCUT2D eigenvalue weighted by atomic mass is 10.3. The largest absolute Gasteiger partial charge is 0.374 e. The van der Waals surface area contributed by atoms with Crippen LogP contribution in [0.1, 0.15) is 5.01 Å². The number of nitrogen functional groups attached to an aromatic ring is 1. The molecule has 0 amide bonds. The van der Waals surface area contributed by atoms with Crippen LogP contribution in [0.4, 0.5) is 5.13 Å². The number of benzene rings is 1. The van der Waals surface area contributed by atoms with Crippen molar-refractivity contribution in [3.8, 4) is 0 Å². The van der Waals surface area contributed by atoms with E-state index < -0.39 is 0 Å². The van der Waals surface area contributed by atoms with Gasteiger partial charge in [-0.3, -0.25) is 4.68 Å². The molecule has 5 nitrogen and oxygen atoms in total. The molecule has 3 aromatic rings. The zero-order valence-electron chi connectivity index (χ0n) is 8.37. The summed E-state index contributed by atoms with van der Waals surface area (Å²) in [7, 11) is 0. The Balaban J connectivity index is 2.00. The van der Waals surface area contributed by atoms with Crippen LogP contribution < -0.4 is 5.73 Å². The molecule has 0 saturated heterocycles. The molecule has 1 aromatic carbocycles. The zero-order valence-corrected chi connectivity index (χ0v) is 9.18. The summed E-state index contributed by atoms with van der Waals surface area (Å²) in [6.45, 7) is 0.613. The minimum absolute atomic E-state index is 0.492. The van der Waals surface area contributed by atoms with E-state index in [1.807, 2.05) is 35.1 Å². The summed E-state index contributed by atoms with van der Waals surface area (Å²) in [5.74, 6) is 0. The fourth-order valence-corrected chi connectivity index (χ4v) is 2.20. The molecule has 0 aliphatic carbocycles. The summed E-state index contributed by atoms with van der Waals surface area (Å²) in [5, 5.41) is 14.6. The fraction of sp³-hybridized carbons (Fsp3) is 0.100. The van der Waals surface area contributed by atoms with Crippen molar-refractivity contribution in [2.45, 2.75) is 6.54 Å². The number of hydrogen-bond acceptors (Lipinski definition) is 5. The molecule has 16 heavy (non-hydrogen) atoms. The molecule has 0 aliphatic rings. The molecule has 2 aromatic heterocycles. The van der Waals surface area contributed by atoms with Gasteiger partial charge in [0.2, 0.25) is 5.13 Å². The van der Waals surface area contributed by atoms with Crippen molar-refractivity contribution in [3.63, 3.8) is 0 Å². The number of nitrogens with zero attached hydrogens (tertiary/aromatic N) is 4. The van der Waals surface area contributed by atoms with Gasteiger partial charge < -0.3 is 5.73 Å². The average molecular weight is 231 g/mol. The van der Waals surface area contributed by atoms with E-state index in [0.717, 1.165) is 15.9 Å². The molecule has 0 fully saturated rings. The number of hydrogen-bond donors (Lipinski definition) is 1. The van der Waals surface area contributed by atoms with Gasteiger partial charge in [-0.05, 0) is 6.07 Å². The lowest BCUT2D eigenvalue weighted by molar-refractivity contribution is 0.701. The van der Waals surface area contributed by atoms with Crippen molar-refractivity contribution >= 4 is 27.4 Å². The Morgan fingerprint density at radius 2 is 2.12 bits per heavy atom. The summed E-state index contributed by atoms with van der Waals surface area (Å²) in [6.07, 6.45) is 1.85. The molecular formula is C10H9N5S. The predicted octanol–water partition coefficient (Wildman–Crippen LogP) is 1.52. The molecule has 0 bridgehead atoms. The van der Waals surface area contributed by atoms with E-state index in [4.69, 9.17) is 5.73 Å². The molecule has 2 heterocycles. The predicted molar refractivity (Wildman–Crippen MR) is 63.2 cm³/mol. The molecule has 0 aliphatic heterocycles. The molecule has 0 atom stereocenters. The minimum Gasteiger partial charge on any atom is -0.374 e. The Bertz CT molecular complexity index is 627. The van der Waals surface area contributed by atoms with Crippen molar-refractivity contribution < 1.29 is 0 Å². The second kappa shape index (κ2) is 3.57. The number of aromatic nitrogens is 4. The first-order valence-corrected chi connectivity index (χ1v) is 5.63. The summed E-state index contributed by atoms with van der Waals surface area (Å²) in [5.41, 5.74) is 6.63. The fourth-order valence-electron chi connectivity index (χ4n) is 1.61. The second-order valence-electron chi connectivity index (χ2n) is 3.40. The van der Waals surface area contributed by atoms with E-state index in [1.54, 1.807) is 0 Å². The van der Waals surface area contributed by atoms with Gasteiger partial charge in [0.15, 0.2) is 0 Å². The van der Waals surface area contributed by atoms with E-state index in [2.05, 4.69) is 15.3 Å². The first kappa shape index (κ1) is 9.29. The third-order valence-corrected chi connectivity index (χ3v) is 3.06. The SMILES string of the molecule is Nc1nnc(Cn2ncc3ccccc32)s1. The van der Waals surface area contributed by atoms with Gasteiger partial charge in [0.05, 0.1) is 18.3 Å². The third kappa shape index (κ3) is 1.53. The minimum atomic E-state index is 0.492. The van der Waals surface area contributed by atoms with Crippen LogP contribution in [0.25, 0.3) is 10.9 Å². The molecule has 0 spiro atoms. The van der Waals surface area contributed by atoms with Crippen LogP contribution >= 0.6 is 11.3 Å². The highest BCUT2D eigenvalue weighted by Gasteiger charge is 2.05. The summed E-state index contributed by atoms with van der Waals surface area (Å²) in [6, 6.07) is 8.06. The highest BCUT2D eigenvalue weighted by molar-refractivity contribution is 7.15. The lowest BCUT2D eigenvalue weighted by Crippen LogP contribution is -2.00. The number of para-hydroxylation sites is 1. The van der Waals surface area contributed by atoms with Crippen molar-refractivity contribution in [2.24, 2.45) is 0 Å². The van der Waals surface area contributed by atoms with Crippen LogP contribution in [0, 0.1) is 0 Å². The highest BCUT2D eigenvalue weighted by atomic mass is 32.1. The van der Waals surface area contributed by atoms with Gasteiger partial charge in [0.1, 0.15) is 5.01 Å². The van der Waals surface area contributed by atoms with E-state index in [9.17, 15) is 0 Å². The van der Waals surface area contributed by atoms with E-state index in [-0.39, 0.29) is 0 Å². The highest BCUT2D eigenvalue weighted by Crippen LogP contribution is 2.16. The lowest BCUT2D eigenvalue weighted by Gasteiger charge is -1.98. The standard InChI is InChI=1S/C10H9N5S/c11-10-14-13-9(16-10)6-15-8-4-2-1-3-7(8)5-12-15/h1-5H,6H2,(H2,11,14). The van der Waals surface area contributed by atoms with Gasteiger partial charge in [-0.15, -0.1) is 10.2 Å². The molecule has 0 unspecified atom stereocenters.